The lowest BCUT2D eigenvalue weighted by Crippen LogP contribution is -2.48. The summed E-state index contributed by atoms with van der Waals surface area (Å²) < 4.78 is 0. The molecule has 1 aliphatic carbocycles. The van der Waals surface area contributed by atoms with Crippen LogP contribution in [-0.2, 0) is 16.1 Å². The van der Waals surface area contributed by atoms with Crippen LogP contribution in [0.1, 0.15) is 77.2 Å². The van der Waals surface area contributed by atoms with Gasteiger partial charge in [0.25, 0.3) is 11.8 Å². The van der Waals surface area contributed by atoms with Crippen molar-refractivity contribution in [1.82, 2.24) is 10.0 Å². The van der Waals surface area contributed by atoms with Crippen LogP contribution in [0, 0.1) is 11.3 Å². The molecule has 1 aromatic rings. The van der Waals surface area contributed by atoms with Crippen molar-refractivity contribution in [3.63, 3.8) is 0 Å². The molecule has 1 aromatic carbocycles. The molecule has 2 aliphatic rings. The number of hydrogen-bond acceptors (Lipinski definition) is 3. The summed E-state index contributed by atoms with van der Waals surface area (Å²) in [5.74, 6) is -0.532. The Balaban J connectivity index is 1.68. The number of allylic oxidation sites excluding steroid dienone is 2. The van der Waals surface area contributed by atoms with Gasteiger partial charge >= 0.3 is 0 Å². The molecule has 31 heavy (non-hydrogen) atoms. The zero-order valence-corrected chi connectivity index (χ0v) is 19.3. The number of imide groups is 1. The average Bonchev–Trinajstić information content (AvgIpc) is 3.03. The van der Waals surface area contributed by atoms with Crippen molar-refractivity contribution in [1.29, 1.82) is 0 Å². The summed E-state index contributed by atoms with van der Waals surface area (Å²) >= 11 is 0. The first-order valence-corrected chi connectivity index (χ1v) is 12.2. The first-order chi connectivity index (χ1) is 15.1. The molecular formula is C27H38N2O2. The molecule has 168 valence electrons. The SMILES string of the molecule is CCCCCCCCCCN(Cc1ccccc1)N1C(=O)C2C=CC=CC2(CC)C1=O. The van der Waals surface area contributed by atoms with E-state index in [1.165, 1.54) is 43.5 Å². The molecule has 2 amide bonds. The normalized spacial score (nSPS) is 22.5. The van der Waals surface area contributed by atoms with Crippen molar-refractivity contribution in [2.24, 2.45) is 11.3 Å². The van der Waals surface area contributed by atoms with E-state index < -0.39 is 5.41 Å². The van der Waals surface area contributed by atoms with E-state index in [1.807, 2.05) is 54.4 Å². The number of hydrazine groups is 1. The van der Waals surface area contributed by atoms with Crippen LogP contribution in [0.5, 0.6) is 0 Å². The molecule has 1 fully saturated rings. The van der Waals surface area contributed by atoms with Crippen LogP contribution in [0.25, 0.3) is 0 Å². The lowest BCUT2D eigenvalue weighted by Gasteiger charge is -2.32. The molecule has 0 aromatic heterocycles. The topological polar surface area (TPSA) is 40.6 Å². The van der Waals surface area contributed by atoms with Gasteiger partial charge in [0.1, 0.15) is 0 Å². The summed E-state index contributed by atoms with van der Waals surface area (Å²) in [6.45, 7) is 5.55. The Morgan fingerprint density at radius 1 is 0.903 bits per heavy atom. The van der Waals surface area contributed by atoms with Gasteiger partial charge in [-0.25, -0.2) is 10.0 Å². The minimum atomic E-state index is -0.722. The fraction of sp³-hybridized carbons (Fsp3) is 0.556. The standard InChI is InChI=1S/C27H38N2O2/c1-3-5-6-7-8-9-10-16-21-28(22-23-17-12-11-13-18-23)29-25(30)24-19-14-15-20-27(24,4-2)26(29)31/h11-15,17-20,24H,3-10,16,21-22H2,1-2H3. The fourth-order valence-corrected chi connectivity index (χ4v) is 4.84. The molecule has 1 heterocycles. The van der Waals surface area contributed by atoms with Gasteiger partial charge in [0.05, 0.1) is 11.3 Å². The summed E-state index contributed by atoms with van der Waals surface area (Å²) in [6.07, 6.45) is 18.1. The van der Waals surface area contributed by atoms with Gasteiger partial charge in [0.15, 0.2) is 0 Å². The van der Waals surface area contributed by atoms with Crippen LogP contribution < -0.4 is 0 Å². The molecule has 0 spiro atoms. The van der Waals surface area contributed by atoms with Crippen LogP contribution in [0.2, 0.25) is 0 Å². The number of benzene rings is 1. The number of hydrogen-bond donors (Lipinski definition) is 0. The van der Waals surface area contributed by atoms with Crippen LogP contribution in [0.15, 0.2) is 54.6 Å². The van der Waals surface area contributed by atoms with Crippen LogP contribution in [-0.4, -0.2) is 28.4 Å². The average molecular weight is 423 g/mol. The lowest BCUT2D eigenvalue weighted by molar-refractivity contribution is -0.161. The van der Waals surface area contributed by atoms with Crippen molar-refractivity contribution >= 4 is 11.8 Å². The monoisotopic (exact) mass is 422 g/mol. The Morgan fingerprint density at radius 2 is 1.58 bits per heavy atom. The maximum Gasteiger partial charge on any atom is 0.255 e. The summed E-state index contributed by atoms with van der Waals surface area (Å²) in [4.78, 5) is 26.9. The van der Waals surface area contributed by atoms with Crippen LogP contribution in [0.3, 0.4) is 0 Å². The van der Waals surface area contributed by atoms with E-state index in [-0.39, 0.29) is 17.7 Å². The number of carbonyl (C=O) groups excluding carboxylic acids is 2. The highest BCUT2D eigenvalue weighted by atomic mass is 16.2. The maximum absolute atomic E-state index is 13.5. The van der Waals surface area contributed by atoms with Crippen molar-refractivity contribution < 1.29 is 9.59 Å². The molecular weight excluding hydrogens is 384 g/mol. The van der Waals surface area contributed by atoms with Crippen LogP contribution in [0.4, 0.5) is 0 Å². The van der Waals surface area contributed by atoms with Gasteiger partial charge in [-0.15, -0.1) is 0 Å². The summed E-state index contributed by atoms with van der Waals surface area (Å²) in [5, 5.41) is 3.47. The molecule has 2 unspecified atom stereocenters. The molecule has 0 bridgehead atoms. The number of rotatable bonds is 13. The molecule has 4 heteroatoms. The van der Waals surface area contributed by atoms with Gasteiger partial charge in [0, 0.05) is 13.1 Å². The van der Waals surface area contributed by atoms with Crippen molar-refractivity contribution in [3.05, 3.63) is 60.2 Å². The number of unbranched alkanes of at least 4 members (excludes halogenated alkanes) is 7. The first kappa shape index (κ1) is 23.5. The highest BCUT2D eigenvalue weighted by Crippen LogP contribution is 2.45. The first-order valence-electron chi connectivity index (χ1n) is 12.2. The maximum atomic E-state index is 13.5. The smallest absolute Gasteiger partial charge is 0.255 e. The van der Waals surface area contributed by atoms with E-state index in [2.05, 4.69) is 19.1 Å². The van der Waals surface area contributed by atoms with E-state index in [0.29, 0.717) is 13.0 Å². The number of carbonyl (C=O) groups is 2. The predicted molar refractivity (Wildman–Crippen MR) is 126 cm³/mol. The quantitative estimate of drug-likeness (QED) is 0.287. The van der Waals surface area contributed by atoms with Crippen molar-refractivity contribution in [2.45, 2.75) is 78.2 Å². The Bertz CT molecular complexity index is 786. The van der Waals surface area contributed by atoms with E-state index in [0.717, 1.165) is 24.9 Å². The van der Waals surface area contributed by atoms with Crippen molar-refractivity contribution in [3.8, 4) is 0 Å². The Hall–Kier alpha value is -2.20. The van der Waals surface area contributed by atoms with E-state index in [9.17, 15) is 9.59 Å². The largest absolute Gasteiger partial charge is 0.272 e. The molecule has 1 aliphatic heterocycles. The zero-order valence-electron chi connectivity index (χ0n) is 19.3. The molecule has 0 saturated carbocycles. The van der Waals surface area contributed by atoms with Gasteiger partial charge in [-0.05, 0) is 18.4 Å². The molecule has 0 N–H and O–H groups in total. The second kappa shape index (κ2) is 11.4. The van der Waals surface area contributed by atoms with E-state index in [1.54, 1.807) is 0 Å². The highest BCUT2D eigenvalue weighted by Gasteiger charge is 2.58. The highest BCUT2D eigenvalue weighted by molar-refractivity contribution is 6.09. The zero-order chi connectivity index (χ0) is 22.1. The third kappa shape index (κ3) is 5.35. The molecule has 2 atom stereocenters. The molecule has 0 radical (unpaired) electrons. The van der Waals surface area contributed by atoms with Gasteiger partial charge < -0.3 is 0 Å². The fourth-order valence-electron chi connectivity index (χ4n) is 4.84. The number of nitrogens with zero attached hydrogens (tertiary/aromatic N) is 2. The van der Waals surface area contributed by atoms with Gasteiger partial charge in [-0.1, -0.05) is 113 Å². The Labute approximate surface area is 188 Å². The molecule has 3 rings (SSSR count). The Kier molecular flexibility index (Phi) is 8.65. The minimum Gasteiger partial charge on any atom is -0.272 e. The minimum absolute atomic E-state index is 0.0684. The van der Waals surface area contributed by atoms with Crippen LogP contribution >= 0.6 is 0 Å². The van der Waals surface area contributed by atoms with E-state index in [4.69, 9.17) is 0 Å². The van der Waals surface area contributed by atoms with Crippen molar-refractivity contribution in [2.75, 3.05) is 6.54 Å². The second-order valence-electron chi connectivity index (χ2n) is 8.92. The Morgan fingerprint density at radius 3 is 2.23 bits per heavy atom. The predicted octanol–water partition coefficient (Wildman–Crippen LogP) is 6.05. The molecule has 4 nitrogen and oxygen atoms in total. The van der Waals surface area contributed by atoms with Gasteiger partial charge in [0.2, 0.25) is 0 Å². The summed E-state index contributed by atoms with van der Waals surface area (Å²) in [6, 6.07) is 10.1. The third-order valence-electron chi connectivity index (χ3n) is 6.77. The summed E-state index contributed by atoms with van der Waals surface area (Å²) in [5.41, 5.74) is 0.397. The molecule has 1 saturated heterocycles. The van der Waals surface area contributed by atoms with E-state index >= 15 is 0 Å². The number of fused-ring (bicyclic) bond motifs is 1. The third-order valence-corrected chi connectivity index (χ3v) is 6.77. The summed E-state index contributed by atoms with van der Waals surface area (Å²) in [7, 11) is 0. The van der Waals surface area contributed by atoms with Gasteiger partial charge in [-0.3, -0.25) is 9.59 Å². The number of amides is 2. The van der Waals surface area contributed by atoms with Gasteiger partial charge in [-0.2, -0.15) is 0 Å². The second-order valence-corrected chi connectivity index (χ2v) is 8.92. The lowest BCUT2D eigenvalue weighted by atomic mass is 9.73.